The van der Waals surface area contributed by atoms with Gasteiger partial charge in [0.05, 0.1) is 11.9 Å². The quantitative estimate of drug-likeness (QED) is 0.863. The second-order valence-corrected chi connectivity index (χ2v) is 4.34. The first-order valence-electron chi connectivity index (χ1n) is 5.74. The Labute approximate surface area is 111 Å². The van der Waals surface area contributed by atoms with E-state index in [1.54, 1.807) is 0 Å². The fourth-order valence-corrected chi connectivity index (χ4v) is 1.89. The normalized spacial score (nSPS) is 10.4. The standard InChI is InChI=1S/C13H15ClN4/c1-3-18(10-6-4-9(2)5-7-10)12-11(15)8-16-13(14)17-12/h4-8H,3,15H2,1-2H3. The van der Waals surface area contributed by atoms with Crippen LogP contribution in [0, 0.1) is 6.92 Å². The Morgan fingerprint density at radius 3 is 2.56 bits per heavy atom. The highest BCUT2D eigenvalue weighted by molar-refractivity contribution is 6.28. The van der Waals surface area contributed by atoms with Crippen molar-refractivity contribution in [2.75, 3.05) is 17.2 Å². The lowest BCUT2D eigenvalue weighted by molar-refractivity contribution is 0.979. The third-order valence-corrected chi connectivity index (χ3v) is 2.87. The molecule has 94 valence electrons. The van der Waals surface area contributed by atoms with Gasteiger partial charge < -0.3 is 10.6 Å². The molecular weight excluding hydrogens is 248 g/mol. The second kappa shape index (κ2) is 5.23. The van der Waals surface area contributed by atoms with Gasteiger partial charge in [0.1, 0.15) is 0 Å². The average molecular weight is 263 g/mol. The molecular formula is C13H15ClN4. The molecule has 0 bridgehead atoms. The van der Waals surface area contributed by atoms with Crippen molar-refractivity contribution in [2.45, 2.75) is 13.8 Å². The maximum atomic E-state index is 5.91. The Balaban J connectivity index is 2.44. The summed E-state index contributed by atoms with van der Waals surface area (Å²) >= 11 is 5.83. The van der Waals surface area contributed by atoms with Crippen LogP contribution in [0.5, 0.6) is 0 Å². The van der Waals surface area contributed by atoms with Crippen molar-refractivity contribution >= 4 is 28.8 Å². The number of benzene rings is 1. The summed E-state index contributed by atoms with van der Waals surface area (Å²) in [5.74, 6) is 0.640. The van der Waals surface area contributed by atoms with Crippen LogP contribution in [-0.2, 0) is 0 Å². The van der Waals surface area contributed by atoms with Crippen molar-refractivity contribution in [3.8, 4) is 0 Å². The van der Waals surface area contributed by atoms with Gasteiger partial charge in [-0.25, -0.2) is 4.98 Å². The minimum atomic E-state index is 0.199. The molecule has 0 amide bonds. The SMILES string of the molecule is CCN(c1ccc(C)cc1)c1nc(Cl)ncc1N. The van der Waals surface area contributed by atoms with Crippen LogP contribution in [0.25, 0.3) is 0 Å². The molecule has 0 aliphatic heterocycles. The summed E-state index contributed by atoms with van der Waals surface area (Å²) in [5.41, 5.74) is 8.67. The Morgan fingerprint density at radius 2 is 1.94 bits per heavy atom. The number of halogens is 1. The number of nitrogens with two attached hydrogens (primary N) is 1. The molecule has 5 heteroatoms. The molecule has 0 saturated carbocycles. The monoisotopic (exact) mass is 262 g/mol. The molecule has 4 nitrogen and oxygen atoms in total. The van der Waals surface area contributed by atoms with Gasteiger partial charge in [-0.1, -0.05) is 17.7 Å². The molecule has 1 aromatic carbocycles. The van der Waals surface area contributed by atoms with Gasteiger partial charge in [0, 0.05) is 12.2 Å². The Morgan fingerprint density at radius 1 is 1.28 bits per heavy atom. The Hall–Kier alpha value is -1.81. The van der Waals surface area contributed by atoms with E-state index in [-0.39, 0.29) is 5.28 Å². The molecule has 0 saturated heterocycles. The highest BCUT2D eigenvalue weighted by Gasteiger charge is 2.13. The third kappa shape index (κ3) is 2.54. The van der Waals surface area contributed by atoms with E-state index in [4.69, 9.17) is 17.3 Å². The fraction of sp³-hybridized carbons (Fsp3) is 0.231. The van der Waals surface area contributed by atoms with E-state index in [0.29, 0.717) is 11.5 Å². The van der Waals surface area contributed by atoms with Gasteiger partial charge >= 0.3 is 0 Å². The number of hydrogen-bond acceptors (Lipinski definition) is 4. The van der Waals surface area contributed by atoms with E-state index in [1.807, 2.05) is 24.0 Å². The summed E-state index contributed by atoms with van der Waals surface area (Å²) in [6, 6.07) is 8.18. The zero-order chi connectivity index (χ0) is 13.1. The minimum absolute atomic E-state index is 0.199. The van der Waals surface area contributed by atoms with E-state index >= 15 is 0 Å². The lowest BCUT2D eigenvalue weighted by Crippen LogP contribution is -2.19. The molecule has 0 atom stereocenters. The Kier molecular flexibility index (Phi) is 3.67. The van der Waals surface area contributed by atoms with Crippen molar-refractivity contribution in [3.05, 3.63) is 41.3 Å². The van der Waals surface area contributed by atoms with Crippen molar-refractivity contribution in [1.82, 2.24) is 9.97 Å². The van der Waals surface area contributed by atoms with E-state index in [9.17, 15) is 0 Å². The van der Waals surface area contributed by atoms with Crippen LogP contribution >= 0.6 is 11.6 Å². The summed E-state index contributed by atoms with van der Waals surface area (Å²) < 4.78 is 0. The summed E-state index contributed by atoms with van der Waals surface area (Å²) in [6.45, 7) is 4.84. The zero-order valence-electron chi connectivity index (χ0n) is 10.4. The zero-order valence-corrected chi connectivity index (χ0v) is 11.1. The predicted molar refractivity (Wildman–Crippen MR) is 75.3 cm³/mol. The maximum absolute atomic E-state index is 5.91. The van der Waals surface area contributed by atoms with E-state index in [1.165, 1.54) is 11.8 Å². The van der Waals surface area contributed by atoms with Crippen molar-refractivity contribution in [2.24, 2.45) is 0 Å². The molecule has 18 heavy (non-hydrogen) atoms. The molecule has 1 heterocycles. The molecule has 0 unspecified atom stereocenters. The van der Waals surface area contributed by atoms with E-state index < -0.39 is 0 Å². The molecule has 2 aromatic rings. The van der Waals surface area contributed by atoms with Crippen LogP contribution in [0.15, 0.2) is 30.5 Å². The number of aromatic nitrogens is 2. The molecule has 0 fully saturated rings. The third-order valence-electron chi connectivity index (χ3n) is 2.68. The number of nitrogen functional groups attached to an aromatic ring is 1. The van der Waals surface area contributed by atoms with Gasteiger partial charge in [-0.2, -0.15) is 4.98 Å². The summed E-state index contributed by atoms with van der Waals surface area (Å²) in [6.07, 6.45) is 1.53. The first-order chi connectivity index (χ1) is 8.61. The number of nitrogens with zero attached hydrogens (tertiary/aromatic N) is 3. The van der Waals surface area contributed by atoms with Crippen molar-refractivity contribution in [3.63, 3.8) is 0 Å². The summed E-state index contributed by atoms with van der Waals surface area (Å²) in [5, 5.41) is 0.199. The molecule has 2 N–H and O–H groups in total. The van der Waals surface area contributed by atoms with Gasteiger partial charge in [0.15, 0.2) is 5.82 Å². The highest BCUT2D eigenvalue weighted by atomic mass is 35.5. The maximum Gasteiger partial charge on any atom is 0.224 e. The smallest absolute Gasteiger partial charge is 0.224 e. The van der Waals surface area contributed by atoms with Gasteiger partial charge in [0.2, 0.25) is 5.28 Å². The topological polar surface area (TPSA) is 55.0 Å². The summed E-state index contributed by atoms with van der Waals surface area (Å²) in [7, 11) is 0. The second-order valence-electron chi connectivity index (χ2n) is 4.00. The fourth-order valence-electron chi connectivity index (χ4n) is 1.76. The minimum Gasteiger partial charge on any atom is -0.394 e. The van der Waals surface area contributed by atoms with Crippen LogP contribution in [-0.4, -0.2) is 16.5 Å². The molecule has 0 radical (unpaired) electrons. The predicted octanol–water partition coefficient (Wildman–Crippen LogP) is 3.18. The lowest BCUT2D eigenvalue weighted by Gasteiger charge is -2.23. The summed E-state index contributed by atoms with van der Waals surface area (Å²) in [4.78, 5) is 10.1. The van der Waals surface area contributed by atoms with Gasteiger partial charge in [-0.05, 0) is 37.6 Å². The van der Waals surface area contributed by atoms with Crippen LogP contribution in [0.3, 0.4) is 0 Å². The number of anilines is 3. The van der Waals surface area contributed by atoms with Crippen LogP contribution in [0.4, 0.5) is 17.2 Å². The number of rotatable bonds is 3. The first kappa shape index (κ1) is 12.6. The largest absolute Gasteiger partial charge is 0.394 e. The molecule has 0 spiro atoms. The molecule has 0 aliphatic carbocycles. The van der Waals surface area contributed by atoms with Crippen molar-refractivity contribution in [1.29, 1.82) is 0 Å². The van der Waals surface area contributed by atoms with Gasteiger partial charge in [-0.15, -0.1) is 0 Å². The van der Waals surface area contributed by atoms with E-state index in [2.05, 4.69) is 29.0 Å². The first-order valence-corrected chi connectivity index (χ1v) is 6.12. The molecule has 0 aliphatic rings. The number of hydrogen-bond donors (Lipinski definition) is 1. The average Bonchev–Trinajstić information content (AvgIpc) is 2.37. The Bertz CT molecular complexity index is 539. The van der Waals surface area contributed by atoms with Crippen LogP contribution in [0.2, 0.25) is 5.28 Å². The van der Waals surface area contributed by atoms with Crippen LogP contribution < -0.4 is 10.6 Å². The van der Waals surface area contributed by atoms with Gasteiger partial charge in [0.25, 0.3) is 0 Å². The molecule has 1 aromatic heterocycles. The molecule has 2 rings (SSSR count). The van der Waals surface area contributed by atoms with Crippen LogP contribution in [0.1, 0.15) is 12.5 Å². The van der Waals surface area contributed by atoms with Crippen molar-refractivity contribution < 1.29 is 0 Å². The van der Waals surface area contributed by atoms with E-state index in [0.717, 1.165) is 12.2 Å². The van der Waals surface area contributed by atoms with Gasteiger partial charge in [-0.3, -0.25) is 0 Å². The highest BCUT2D eigenvalue weighted by Crippen LogP contribution is 2.28. The number of aryl methyl sites for hydroxylation is 1. The lowest BCUT2D eigenvalue weighted by atomic mass is 10.2.